The van der Waals surface area contributed by atoms with E-state index in [1.807, 2.05) is 5.32 Å². The molecule has 22 heavy (non-hydrogen) atoms. The molecule has 1 unspecified atom stereocenters. The van der Waals surface area contributed by atoms with Gasteiger partial charge in [0.2, 0.25) is 5.91 Å². The minimum Gasteiger partial charge on any atom is -0.480 e. The predicted molar refractivity (Wildman–Crippen MR) is 69.0 cm³/mol. The van der Waals surface area contributed by atoms with Gasteiger partial charge in [0.15, 0.2) is 0 Å². The van der Waals surface area contributed by atoms with E-state index >= 15 is 0 Å². The fourth-order valence-electron chi connectivity index (χ4n) is 1.54. The number of aliphatic carboxylic acids is 1. The van der Waals surface area contributed by atoms with Crippen LogP contribution in [0.15, 0.2) is 24.3 Å². The second-order valence-corrected chi connectivity index (χ2v) is 4.35. The molecule has 2 amide bonds. The number of carbonyl (C=O) groups excluding carboxylic acids is 2. The minimum absolute atomic E-state index is 0.617. The normalized spacial score (nSPS) is 12.4. The average molecular weight is 318 g/mol. The van der Waals surface area contributed by atoms with E-state index in [9.17, 15) is 27.6 Å². The van der Waals surface area contributed by atoms with E-state index in [2.05, 4.69) is 5.32 Å². The maximum Gasteiger partial charge on any atom is 0.417 e. The van der Waals surface area contributed by atoms with E-state index in [0.29, 0.717) is 0 Å². The third kappa shape index (κ3) is 4.76. The number of alkyl halides is 3. The zero-order valence-electron chi connectivity index (χ0n) is 11.4. The Balaban J connectivity index is 2.71. The first-order chi connectivity index (χ1) is 10.1. The lowest BCUT2D eigenvalue weighted by Gasteiger charge is -2.13. The molecule has 0 aliphatic rings. The summed E-state index contributed by atoms with van der Waals surface area (Å²) in [6.07, 6.45) is -4.70. The highest BCUT2D eigenvalue weighted by molar-refractivity contribution is 5.98. The summed E-state index contributed by atoms with van der Waals surface area (Å²) >= 11 is 0. The highest BCUT2D eigenvalue weighted by Crippen LogP contribution is 2.31. The van der Waals surface area contributed by atoms with Gasteiger partial charge in [-0.1, -0.05) is 12.1 Å². The number of hydrogen-bond donors (Lipinski definition) is 3. The van der Waals surface area contributed by atoms with Gasteiger partial charge in [-0.3, -0.25) is 14.4 Å². The molecule has 120 valence electrons. The molecule has 0 radical (unpaired) electrons. The van der Waals surface area contributed by atoms with Crippen molar-refractivity contribution in [3.05, 3.63) is 35.4 Å². The summed E-state index contributed by atoms with van der Waals surface area (Å²) < 4.78 is 38.2. The second-order valence-electron chi connectivity index (χ2n) is 4.35. The van der Waals surface area contributed by atoms with Crippen LogP contribution in [0.1, 0.15) is 22.8 Å². The molecule has 3 N–H and O–H groups in total. The lowest BCUT2D eigenvalue weighted by atomic mass is 10.1. The molecule has 9 heteroatoms. The highest BCUT2D eigenvalue weighted by atomic mass is 19.4. The lowest BCUT2D eigenvalue weighted by molar-refractivity contribution is -0.141. The first-order valence-electron chi connectivity index (χ1n) is 6.09. The summed E-state index contributed by atoms with van der Waals surface area (Å²) in [5.41, 5.74) is -1.74. The van der Waals surface area contributed by atoms with E-state index in [-0.39, 0.29) is 0 Å². The van der Waals surface area contributed by atoms with Gasteiger partial charge in [0.05, 0.1) is 17.7 Å². The lowest BCUT2D eigenvalue weighted by Crippen LogP contribution is -2.44. The summed E-state index contributed by atoms with van der Waals surface area (Å²) in [5, 5.41) is 12.7. The Bertz CT molecular complexity index is 587. The number of halogens is 3. The number of benzene rings is 1. The van der Waals surface area contributed by atoms with Crippen molar-refractivity contribution in [2.75, 3.05) is 6.54 Å². The van der Waals surface area contributed by atoms with Crippen molar-refractivity contribution in [3.63, 3.8) is 0 Å². The van der Waals surface area contributed by atoms with E-state index in [0.717, 1.165) is 18.2 Å². The van der Waals surface area contributed by atoms with Crippen LogP contribution >= 0.6 is 0 Å². The number of carboxylic acids is 1. The SMILES string of the molecule is CC(NC(=O)CNC(=O)c1ccccc1C(F)(F)F)C(=O)O. The molecule has 1 atom stereocenters. The van der Waals surface area contributed by atoms with Crippen LogP contribution in [0, 0.1) is 0 Å². The Morgan fingerprint density at radius 2 is 1.82 bits per heavy atom. The highest BCUT2D eigenvalue weighted by Gasteiger charge is 2.34. The van der Waals surface area contributed by atoms with Crippen molar-refractivity contribution in [3.8, 4) is 0 Å². The molecule has 0 bridgehead atoms. The molecule has 0 saturated heterocycles. The van der Waals surface area contributed by atoms with E-state index in [1.165, 1.54) is 13.0 Å². The Morgan fingerprint density at radius 1 is 1.23 bits per heavy atom. The standard InChI is InChI=1S/C13H13F3N2O4/c1-7(12(21)22)18-10(19)6-17-11(20)8-4-2-3-5-9(8)13(14,15)16/h2-5,7H,6H2,1H3,(H,17,20)(H,18,19)(H,21,22). The van der Waals surface area contributed by atoms with Crippen LogP contribution in [0.2, 0.25) is 0 Å². The largest absolute Gasteiger partial charge is 0.480 e. The van der Waals surface area contributed by atoms with Crippen molar-refractivity contribution in [2.45, 2.75) is 19.1 Å². The van der Waals surface area contributed by atoms with Crippen LogP contribution in [-0.4, -0.2) is 35.5 Å². The maximum absolute atomic E-state index is 12.7. The molecular formula is C13H13F3N2O4. The summed E-state index contributed by atoms with van der Waals surface area (Å²) in [6.45, 7) is 0.573. The van der Waals surface area contributed by atoms with Crippen molar-refractivity contribution >= 4 is 17.8 Å². The van der Waals surface area contributed by atoms with Gasteiger partial charge in [0.25, 0.3) is 5.91 Å². The summed E-state index contributed by atoms with van der Waals surface area (Å²) in [6, 6.07) is 2.96. The number of amides is 2. The van der Waals surface area contributed by atoms with Gasteiger partial charge >= 0.3 is 12.1 Å². The summed E-state index contributed by atoms with van der Waals surface area (Å²) in [7, 11) is 0. The molecule has 1 aromatic carbocycles. The Morgan fingerprint density at radius 3 is 2.36 bits per heavy atom. The third-order valence-electron chi connectivity index (χ3n) is 2.63. The quantitative estimate of drug-likeness (QED) is 0.755. The molecular weight excluding hydrogens is 305 g/mol. The van der Waals surface area contributed by atoms with Crippen LogP contribution in [0.5, 0.6) is 0 Å². The van der Waals surface area contributed by atoms with Crippen LogP contribution in [0.3, 0.4) is 0 Å². The summed E-state index contributed by atoms with van der Waals surface area (Å²) in [4.78, 5) is 33.6. The smallest absolute Gasteiger partial charge is 0.417 e. The maximum atomic E-state index is 12.7. The number of carbonyl (C=O) groups is 3. The fourth-order valence-corrected chi connectivity index (χ4v) is 1.54. The molecule has 6 nitrogen and oxygen atoms in total. The van der Waals surface area contributed by atoms with Gasteiger partial charge in [-0.2, -0.15) is 13.2 Å². The van der Waals surface area contributed by atoms with Gasteiger partial charge in [-0.05, 0) is 19.1 Å². The Hall–Kier alpha value is -2.58. The van der Waals surface area contributed by atoms with Crippen molar-refractivity contribution < 1.29 is 32.7 Å². The molecule has 1 rings (SSSR count). The first kappa shape index (κ1) is 17.5. The topological polar surface area (TPSA) is 95.5 Å². The molecule has 0 spiro atoms. The van der Waals surface area contributed by atoms with Crippen molar-refractivity contribution in [1.82, 2.24) is 10.6 Å². The minimum atomic E-state index is -4.70. The molecule has 1 aromatic rings. The van der Waals surface area contributed by atoms with E-state index in [4.69, 9.17) is 5.11 Å². The van der Waals surface area contributed by atoms with Crippen molar-refractivity contribution in [1.29, 1.82) is 0 Å². The van der Waals surface area contributed by atoms with E-state index in [1.54, 1.807) is 0 Å². The molecule has 0 aromatic heterocycles. The monoisotopic (exact) mass is 318 g/mol. The average Bonchev–Trinajstić information content (AvgIpc) is 2.43. The van der Waals surface area contributed by atoms with Gasteiger partial charge in [-0.25, -0.2) is 0 Å². The second kappa shape index (κ2) is 6.92. The fraction of sp³-hybridized carbons (Fsp3) is 0.308. The number of carboxylic acid groups (broad SMARTS) is 1. The molecule has 0 aliphatic carbocycles. The molecule has 0 fully saturated rings. The van der Waals surface area contributed by atoms with Crippen molar-refractivity contribution in [2.24, 2.45) is 0 Å². The molecule has 0 saturated carbocycles. The zero-order valence-corrected chi connectivity index (χ0v) is 11.4. The Kier molecular flexibility index (Phi) is 5.50. The van der Waals surface area contributed by atoms with Crippen LogP contribution in [-0.2, 0) is 15.8 Å². The van der Waals surface area contributed by atoms with Gasteiger partial charge in [0, 0.05) is 0 Å². The van der Waals surface area contributed by atoms with Gasteiger partial charge in [0.1, 0.15) is 6.04 Å². The van der Waals surface area contributed by atoms with Crippen LogP contribution in [0.25, 0.3) is 0 Å². The first-order valence-corrected chi connectivity index (χ1v) is 6.09. The third-order valence-corrected chi connectivity index (χ3v) is 2.63. The molecule has 0 heterocycles. The number of nitrogens with one attached hydrogen (secondary N) is 2. The van der Waals surface area contributed by atoms with Crippen LogP contribution < -0.4 is 10.6 Å². The molecule has 0 aliphatic heterocycles. The van der Waals surface area contributed by atoms with Gasteiger partial charge in [-0.15, -0.1) is 0 Å². The predicted octanol–water partition coefficient (Wildman–Crippen LogP) is 1.02. The van der Waals surface area contributed by atoms with E-state index < -0.39 is 47.7 Å². The van der Waals surface area contributed by atoms with Crippen LogP contribution in [0.4, 0.5) is 13.2 Å². The number of rotatable bonds is 5. The summed E-state index contributed by atoms with van der Waals surface area (Å²) in [5.74, 6) is -3.18. The Labute approximate surface area is 123 Å². The van der Waals surface area contributed by atoms with Gasteiger partial charge < -0.3 is 15.7 Å². The number of hydrogen-bond acceptors (Lipinski definition) is 3. The zero-order chi connectivity index (χ0) is 16.9.